The molecule has 0 saturated heterocycles. The Kier molecular flexibility index (Phi) is 4.83. The Balaban J connectivity index is 2.11. The molecule has 82 valence electrons. The first-order chi connectivity index (χ1) is 7.18. The van der Waals surface area contributed by atoms with E-state index < -0.39 is 5.97 Å². The van der Waals surface area contributed by atoms with Crippen molar-refractivity contribution in [1.82, 2.24) is 5.32 Å². The SMILES string of the molecule is O=C([O-])CCCC(=O)NCc1cccs1. The van der Waals surface area contributed by atoms with E-state index in [-0.39, 0.29) is 18.7 Å². The van der Waals surface area contributed by atoms with Gasteiger partial charge >= 0.3 is 0 Å². The van der Waals surface area contributed by atoms with Crippen molar-refractivity contribution in [2.24, 2.45) is 0 Å². The average Bonchev–Trinajstić information content (AvgIpc) is 2.66. The van der Waals surface area contributed by atoms with Crippen LogP contribution >= 0.6 is 11.3 Å². The van der Waals surface area contributed by atoms with Crippen LogP contribution in [0.4, 0.5) is 0 Å². The van der Waals surface area contributed by atoms with E-state index in [9.17, 15) is 14.7 Å². The molecule has 1 heterocycles. The number of nitrogens with one attached hydrogen (secondary N) is 1. The van der Waals surface area contributed by atoms with Gasteiger partial charge < -0.3 is 15.2 Å². The summed E-state index contributed by atoms with van der Waals surface area (Å²) in [6.45, 7) is 0.516. The highest BCUT2D eigenvalue weighted by atomic mass is 32.1. The molecule has 0 fully saturated rings. The summed E-state index contributed by atoms with van der Waals surface area (Å²) < 4.78 is 0. The smallest absolute Gasteiger partial charge is 0.220 e. The summed E-state index contributed by atoms with van der Waals surface area (Å²) in [4.78, 5) is 22.4. The molecule has 0 aliphatic carbocycles. The van der Waals surface area contributed by atoms with E-state index >= 15 is 0 Å². The number of thiophene rings is 1. The third-order valence-corrected chi connectivity index (χ3v) is 2.70. The number of carbonyl (C=O) groups excluding carboxylic acids is 2. The number of aliphatic carboxylic acids is 1. The molecule has 0 spiro atoms. The van der Waals surface area contributed by atoms with E-state index in [0.717, 1.165) is 4.88 Å². The molecule has 0 unspecified atom stereocenters. The van der Waals surface area contributed by atoms with Crippen LogP contribution in [0.2, 0.25) is 0 Å². The summed E-state index contributed by atoms with van der Waals surface area (Å²) in [5.74, 6) is -1.23. The lowest BCUT2D eigenvalue weighted by Crippen LogP contribution is -2.24. The van der Waals surface area contributed by atoms with Gasteiger partial charge in [-0.1, -0.05) is 6.07 Å². The number of carboxylic acid groups (broad SMARTS) is 1. The zero-order valence-electron chi connectivity index (χ0n) is 8.19. The molecule has 15 heavy (non-hydrogen) atoms. The zero-order valence-corrected chi connectivity index (χ0v) is 9.01. The molecule has 0 saturated carbocycles. The van der Waals surface area contributed by atoms with Crippen molar-refractivity contribution < 1.29 is 14.7 Å². The van der Waals surface area contributed by atoms with Gasteiger partial charge in [-0.25, -0.2) is 0 Å². The molecule has 1 amide bonds. The number of amides is 1. The first-order valence-electron chi connectivity index (χ1n) is 4.67. The Hall–Kier alpha value is -1.36. The molecule has 1 aromatic heterocycles. The highest BCUT2D eigenvalue weighted by molar-refractivity contribution is 7.09. The summed E-state index contributed by atoms with van der Waals surface area (Å²) in [5.41, 5.74) is 0. The Bertz CT molecular complexity index is 321. The third-order valence-electron chi connectivity index (χ3n) is 1.82. The Morgan fingerprint density at radius 3 is 2.80 bits per heavy atom. The molecule has 5 heteroatoms. The van der Waals surface area contributed by atoms with Crippen molar-refractivity contribution >= 4 is 23.2 Å². The first kappa shape index (κ1) is 11.7. The molecule has 1 N–H and O–H groups in total. The van der Waals surface area contributed by atoms with Gasteiger partial charge in [-0.05, 0) is 24.3 Å². The largest absolute Gasteiger partial charge is 0.550 e. The highest BCUT2D eigenvalue weighted by Crippen LogP contribution is 2.07. The van der Waals surface area contributed by atoms with Crippen LogP contribution in [0.3, 0.4) is 0 Å². The van der Waals surface area contributed by atoms with Crippen LogP contribution < -0.4 is 10.4 Å². The maximum Gasteiger partial charge on any atom is 0.220 e. The average molecular weight is 226 g/mol. The van der Waals surface area contributed by atoms with Gasteiger partial charge in [0.1, 0.15) is 0 Å². The predicted octanol–water partition coefficient (Wildman–Crippen LogP) is 0.284. The minimum absolute atomic E-state index is 0.0631. The lowest BCUT2D eigenvalue weighted by Gasteiger charge is -2.03. The van der Waals surface area contributed by atoms with E-state index in [0.29, 0.717) is 13.0 Å². The molecule has 0 radical (unpaired) electrons. The van der Waals surface area contributed by atoms with Gasteiger partial charge in [0.05, 0.1) is 6.54 Å². The van der Waals surface area contributed by atoms with Crippen LogP contribution in [0.5, 0.6) is 0 Å². The van der Waals surface area contributed by atoms with E-state index in [1.807, 2.05) is 17.5 Å². The summed E-state index contributed by atoms with van der Waals surface area (Å²) in [6, 6.07) is 3.86. The third kappa shape index (κ3) is 5.17. The van der Waals surface area contributed by atoms with Crippen LogP contribution in [0.1, 0.15) is 24.1 Å². The molecule has 0 aliphatic heterocycles. The maximum absolute atomic E-state index is 11.2. The molecule has 0 aliphatic rings. The zero-order chi connectivity index (χ0) is 11.1. The highest BCUT2D eigenvalue weighted by Gasteiger charge is 2.01. The predicted molar refractivity (Wildman–Crippen MR) is 55.0 cm³/mol. The van der Waals surface area contributed by atoms with Gasteiger partial charge in [0.25, 0.3) is 0 Å². The second-order valence-corrected chi connectivity index (χ2v) is 4.11. The topological polar surface area (TPSA) is 69.2 Å². The normalized spacial score (nSPS) is 9.87. The van der Waals surface area contributed by atoms with Crippen LogP contribution in [0.25, 0.3) is 0 Å². The summed E-state index contributed by atoms with van der Waals surface area (Å²) in [6.07, 6.45) is 0.504. The van der Waals surface area contributed by atoms with Crippen LogP contribution in [0.15, 0.2) is 17.5 Å². The number of carboxylic acids is 1. The summed E-state index contributed by atoms with van der Waals surface area (Å²) in [5, 5.41) is 14.7. The van der Waals surface area contributed by atoms with E-state index in [4.69, 9.17) is 0 Å². The van der Waals surface area contributed by atoms with Gasteiger partial charge in [0.2, 0.25) is 5.91 Å². The van der Waals surface area contributed by atoms with Crippen LogP contribution in [-0.4, -0.2) is 11.9 Å². The van der Waals surface area contributed by atoms with E-state index in [1.54, 1.807) is 11.3 Å². The van der Waals surface area contributed by atoms with Crippen molar-refractivity contribution in [3.05, 3.63) is 22.4 Å². The Labute approximate surface area is 91.9 Å². The summed E-state index contributed by atoms with van der Waals surface area (Å²) in [7, 11) is 0. The monoisotopic (exact) mass is 226 g/mol. The Morgan fingerprint density at radius 1 is 1.40 bits per heavy atom. The van der Waals surface area contributed by atoms with Gasteiger partial charge in [-0.2, -0.15) is 0 Å². The maximum atomic E-state index is 11.2. The van der Waals surface area contributed by atoms with Crippen molar-refractivity contribution in [1.29, 1.82) is 0 Å². The molecular weight excluding hydrogens is 214 g/mol. The molecule has 0 atom stereocenters. The molecule has 4 nitrogen and oxygen atoms in total. The second kappa shape index (κ2) is 6.19. The van der Waals surface area contributed by atoms with Crippen molar-refractivity contribution in [3.8, 4) is 0 Å². The van der Waals surface area contributed by atoms with Gasteiger partial charge in [-0.15, -0.1) is 11.3 Å². The lowest BCUT2D eigenvalue weighted by molar-refractivity contribution is -0.305. The Morgan fingerprint density at radius 2 is 2.20 bits per heavy atom. The lowest BCUT2D eigenvalue weighted by atomic mass is 10.2. The number of carbonyl (C=O) groups is 2. The van der Waals surface area contributed by atoms with Gasteiger partial charge in [0.15, 0.2) is 0 Å². The molecule has 0 aromatic carbocycles. The van der Waals surface area contributed by atoms with E-state index in [2.05, 4.69) is 5.32 Å². The van der Waals surface area contributed by atoms with Crippen molar-refractivity contribution in [2.45, 2.75) is 25.8 Å². The van der Waals surface area contributed by atoms with E-state index in [1.165, 1.54) is 0 Å². The second-order valence-electron chi connectivity index (χ2n) is 3.08. The molecule has 1 rings (SSSR count). The standard InChI is InChI=1S/C10H13NO3S/c12-9(4-1-5-10(13)14)11-7-8-3-2-6-15-8/h2-3,6H,1,4-5,7H2,(H,11,12)(H,13,14)/p-1. The number of rotatable bonds is 6. The van der Waals surface area contributed by atoms with Crippen molar-refractivity contribution in [2.75, 3.05) is 0 Å². The minimum Gasteiger partial charge on any atom is -0.550 e. The number of hydrogen-bond donors (Lipinski definition) is 1. The van der Waals surface area contributed by atoms with Crippen molar-refractivity contribution in [3.63, 3.8) is 0 Å². The van der Waals surface area contributed by atoms with Gasteiger partial charge in [0, 0.05) is 17.3 Å². The summed E-state index contributed by atoms with van der Waals surface area (Å²) >= 11 is 1.57. The molecule has 0 bridgehead atoms. The van der Waals surface area contributed by atoms with Crippen LogP contribution in [0, 0.1) is 0 Å². The number of hydrogen-bond acceptors (Lipinski definition) is 4. The fraction of sp³-hybridized carbons (Fsp3) is 0.400. The molecule has 1 aromatic rings. The fourth-order valence-electron chi connectivity index (χ4n) is 1.08. The molecular formula is C10H12NO3S-. The quantitative estimate of drug-likeness (QED) is 0.757. The minimum atomic E-state index is -1.11. The fourth-order valence-corrected chi connectivity index (χ4v) is 1.73. The van der Waals surface area contributed by atoms with Gasteiger partial charge in [-0.3, -0.25) is 4.79 Å². The van der Waals surface area contributed by atoms with Crippen LogP contribution in [-0.2, 0) is 16.1 Å². The first-order valence-corrected chi connectivity index (χ1v) is 5.55.